The van der Waals surface area contributed by atoms with Crippen molar-refractivity contribution in [3.8, 4) is 6.07 Å². The summed E-state index contributed by atoms with van der Waals surface area (Å²) in [5, 5.41) is 9.09. The van der Waals surface area contributed by atoms with Gasteiger partial charge in [0.05, 0.1) is 0 Å². The molecule has 1 aliphatic rings. The minimum Gasteiger partial charge on any atom is -0.370 e. The molecule has 5 nitrogen and oxygen atoms in total. The number of nitrogens with two attached hydrogens (primary N) is 2. The molecule has 0 aromatic rings. The molecule has 1 amide bonds. The van der Waals surface area contributed by atoms with Gasteiger partial charge >= 0.3 is 0 Å². The summed E-state index contributed by atoms with van der Waals surface area (Å²) in [5.74, 6) is -0.966. The minimum absolute atomic E-state index is 0.0128. The highest BCUT2D eigenvalue weighted by atomic mass is 16.1. The van der Waals surface area contributed by atoms with E-state index >= 15 is 0 Å². The molecule has 1 atom stereocenters. The standard InChI is InChI=1S/C14H20N4O/c1-9-5-4-6-14(2,3)11(9)7-10(8-15)12(19)18-13(16)17/h5,7,11H,4,6H2,1-3H3,(H4,16,17,18,19)/b10-7-/t11-/m1/s1. The molecule has 0 fully saturated rings. The van der Waals surface area contributed by atoms with Crippen molar-refractivity contribution < 1.29 is 4.79 Å². The van der Waals surface area contributed by atoms with Crippen molar-refractivity contribution >= 4 is 11.9 Å². The van der Waals surface area contributed by atoms with Gasteiger partial charge in [0, 0.05) is 5.92 Å². The van der Waals surface area contributed by atoms with E-state index in [1.165, 1.54) is 5.57 Å². The number of amides is 1. The highest BCUT2D eigenvalue weighted by Crippen LogP contribution is 2.42. The second-order valence-corrected chi connectivity index (χ2v) is 5.49. The van der Waals surface area contributed by atoms with E-state index in [-0.39, 0.29) is 22.9 Å². The first-order valence-electron chi connectivity index (χ1n) is 6.20. The van der Waals surface area contributed by atoms with Crippen molar-refractivity contribution in [1.29, 1.82) is 5.26 Å². The Kier molecular flexibility index (Phi) is 4.49. The third-order valence-electron chi connectivity index (χ3n) is 3.50. The lowest BCUT2D eigenvalue weighted by Crippen LogP contribution is -2.27. The van der Waals surface area contributed by atoms with E-state index in [2.05, 4.69) is 24.9 Å². The molecule has 0 heterocycles. The first-order chi connectivity index (χ1) is 8.77. The Morgan fingerprint density at radius 2 is 2.21 bits per heavy atom. The molecule has 0 unspecified atom stereocenters. The number of aliphatic imine (C=N–C) groups is 1. The molecule has 0 radical (unpaired) electrons. The zero-order chi connectivity index (χ0) is 14.6. The quantitative estimate of drug-likeness (QED) is 0.259. The van der Waals surface area contributed by atoms with E-state index in [9.17, 15) is 4.79 Å². The maximum absolute atomic E-state index is 11.7. The number of nitrogens with zero attached hydrogens (tertiary/aromatic N) is 2. The molecule has 5 heteroatoms. The molecule has 4 N–H and O–H groups in total. The van der Waals surface area contributed by atoms with Gasteiger partial charge in [0.2, 0.25) is 0 Å². The molecule has 1 rings (SSSR count). The Morgan fingerprint density at radius 3 is 2.68 bits per heavy atom. The van der Waals surface area contributed by atoms with Gasteiger partial charge in [0.25, 0.3) is 5.91 Å². The fourth-order valence-electron chi connectivity index (χ4n) is 2.43. The molecule has 0 saturated carbocycles. The predicted molar refractivity (Wildman–Crippen MR) is 74.8 cm³/mol. The number of guanidine groups is 1. The second-order valence-electron chi connectivity index (χ2n) is 5.49. The van der Waals surface area contributed by atoms with Crippen LogP contribution in [0.4, 0.5) is 0 Å². The molecule has 102 valence electrons. The maximum Gasteiger partial charge on any atom is 0.290 e. The fraction of sp³-hybridized carbons (Fsp3) is 0.500. The van der Waals surface area contributed by atoms with Crippen LogP contribution in [0.3, 0.4) is 0 Å². The molecular formula is C14H20N4O. The van der Waals surface area contributed by atoms with Crippen LogP contribution >= 0.6 is 0 Å². The lowest BCUT2D eigenvalue weighted by molar-refractivity contribution is -0.114. The first kappa shape index (κ1) is 15.0. The summed E-state index contributed by atoms with van der Waals surface area (Å²) in [4.78, 5) is 15.1. The number of carbonyl (C=O) groups is 1. The number of hydrogen-bond acceptors (Lipinski definition) is 2. The van der Waals surface area contributed by atoms with Gasteiger partial charge in [0.1, 0.15) is 11.6 Å². The van der Waals surface area contributed by atoms with Crippen LogP contribution < -0.4 is 11.5 Å². The summed E-state index contributed by atoms with van der Waals surface area (Å²) in [6.07, 6.45) is 5.86. The highest BCUT2D eigenvalue weighted by Gasteiger charge is 2.32. The zero-order valence-electron chi connectivity index (χ0n) is 11.6. The van der Waals surface area contributed by atoms with Crippen molar-refractivity contribution in [3.63, 3.8) is 0 Å². The minimum atomic E-state index is -0.684. The van der Waals surface area contributed by atoms with Crippen molar-refractivity contribution in [2.45, 2.75) is 33.6 Å². The summed E-state index contributed by atoms with van der Waals surface area (Å²) < 4.78 is 0. The van der Waals surface area contributed by atoms with Crippen LogP contribution in [0, 0.1) is 22.7 Å². The predicted octanol–water partition coefficient (Wildman–Crippen LogP) is 1.62. The van der Waals surface area contributed by atoms with Gasteiger partial charge in [-0.3, -0.25) is 4.79 Å². The Hall–Kier alpha value is -2.09. The van der Waals surface area contributed by atoms with Crippen LogP contribution in [0.2, 0.25) is 0 Å². The van der Waals surface area contributed by atoms with E-state index in [1.807, 2.05) is 13.0 Å². The topological polar surface area (TPSA) is 105 Å². The average molecular weight is 260 g/mol. The molecule has 0 saturated heterocycles. The van der Waals surface area contributed by atoms with E-state index < -0.39 is 5.91 Å². The van der Waals surface area contributed by atoms with E-state index in [4.69, 9.17) is 16.7 Å². The Balaban J connectivity index is 3.14. The highest BCUT2D eigenvalue weighted by molar-refractivity contribution is 6.03. The van der Waals surface area contributed by atoms with Gasteiger partial charge in [-0.2, -0.15) is 10.3 Å². The fourth-order valence-corrected chi connectivity index (χ4v) is 2.43. The molecule has 0 aromatic carbocycles. The monoisotopic (exact) mass is 260 g/mol. The van der Waals surface area contributed by atoms with Crippen LogP contribution in [-0.2, 0) is 4.79 Å². The summed E-state index contributed by atoms with van der Waals surface area (Å²) in [6, 6.07) is 1.88. The van der Waals surface area contributed by atoms with Crippen LogP contribution in [-0.4, -0.2) is 11.9 Å². The normalized spacial score (nSPS) is 22.1. The third-order valence-corrected chi connectivity index (χ3v) is 3.50. The Labute approximate surface area is 113 Å². The van der Waals surface area contributed by atoms with Gasteiger partial charge < -0.3 is 11.5 Å². The number of allylic oxidation sites excluding steroid dienone is 3. The first-order valence-corrected chi connectivity index (χ1v) is 6.20. The Bertz CT molecular complexity index is 502. The van der Waals surface area contributed by atoms with Crippen LogP contribution in [0.1, 0.15) is 33.6 Å². The average Bonchev–Trinajstić information content (AvgIpc) is 2.26. The summed E-state index contributed by atoms with van der Waals surface area (Å²) >= 11 is 0. The molecule has 0 bridgehead atoms. The second kappa shape index (κ2) is 5.70. The van der Waals surface area contributed by atoms with Crippen molar-refractivity contribution in [2.24, 2.45) is 27.8 Å². The van der Waals surface area contributed by atoms with Gasteiger partial charge in [-0.05, 0) is 25.2 Å². The summed E-state index contributed by atoms with van der Waals surface area (Å²) in [7, 11) is 0. The van der Waals surface area contributed by atoms with E-state index in [0.717, 1.165) is 12.8 Å². The van der Waals surface area contributed by atoms with Crippen LogP contribution in [0.25, 0.3) is 0 Å². The molecule has 0 spiro atoms. The lowest BCUT2D eigenvalue weighted by Gasteiger charge is -2.36. The number of rotatable bonds is 2. The van der Waals surface area contributed by atoms with E-state index in [0.29, 0.717) is 0 Å². The molecule has 0 aliphatic heterocycles. The van der Waals surface area contributed by atoms with Gasteiger partial charge in [-0.25, -0.2) is 0 Å². The lowest BCUT2D eigenvalue weighted by atomic mass is 9.68. The molecule has 1 aliphatic carbocycles. The van der Waals surface area contributed by atoms with E-state index in [1.54, 1.807) is 6.08 Å². The number of hydrogen-bond donors (Lipinski definition) is 2. The third kappa shape index (κ3) is 3.68. The number of nitriles is 1. The molecule has 19 heavy (non-hydrogen) atoms. The van der Waals surface area contributed by atoms with Gasteiger partial charge in [0.15, 0.2) is 5.96 Å². The maximum atomic E-state index is 11.7. The molecule has 0 aromatic heterocycles. The SMILES string of the molecule is CC1=CCCC(C)(C)[C@@H]1/C=C(/C#N)C(=O)N=C(N)N. The summed E-state index contributed by atoms with van der Waals surface area (Å²) in [5.41, 5.74) is 11.5. The van der Waals surface area contributed by atoms with Crippen molar-refractivity contribution in [2.75, 3.05) is 0 Å². The van der Waals surface area contributed by atoms with Crippen molar-refractivity contribution in [3.05, 3.63) is 23.3 Å². The Morgan fingerprint density at radius 1 is 1.58 bits per heavy atom. The smallest absolute Gasteiger partial charge is 0.290 e. The van der Waals surface area contributed by atoms with Gasteiger partial charge in [-0.1, -0.05) is 31.6 Å². The van der Waals surface area contributed by atoms with Gasteiger partial charge in [-0.15, -0.1) is 0 Å². The van der Waals surface area contributed by atoms with Crippen LogP contribution in [0.15, 0.2) is 28.3 Å². The largest absolute Gasteiger partial charge is 0.370 e. The summed E-state index contributed by atoms with van der Waals surface area (Å²) in [6.45, 7) is 6.28. The van der Waals surface area contributed by atoms with Crippen molar-refractivity contribution in [1.82, 2.24) is 0 Å². The number of carbonyl (C=O) groups excluding carboxylic acids is 1. The molecular weight excluding hydrogens is 240 g/mol. The zero-order valence-corrected chi connectivity index (χ0v) is 11.6. The van der Waals surface area contributed by atoms with Crippen LogP contribution in [0.5, 0.6) is 0 Å².